The number of rotatable bonds is 0. The van der Waals surface area contributed by atoms with Crippen LogP contribution in [0.2, 0.25) is 0 Å². The molecule has 0 aromatic carbocycles. The zero-order valence-corrected chi connectivity index (χ0v) is 9.46. The SMILES string of the molecule is Cc1nc2c(Br)cnc(N)c2nc1C. The number of nitrogen functional groups attached to an aromatic ring is 1. The molecule has 4 nitrogen and oxygen atoms in total. The molecule has 72 valence electrons. The van der Waals surface area contributed by atoms with E-state index in [4.69, 9.17) is 5.73 Å². The molecule has 0 saturated carbocycles. The molecule has 0 atom stereocenters. The van der Waals surface area contributed by atoms with Gasteiger partial charge in [0, 0.05) is 6.20 Å². The van der Waals surface area contributed by atoms with Crippen LogP contribution < -0.4 is 5.73 Å². The largest absolute Gasteiger partial charge is 0.382 e. The first-order valence-electron chi connectivity index (χ1n) is 4.14. The van der Waals surface area contributed by atoms with E-state index in [1.807, 2.05) is 13.8 Å². The molecule has 2 aromatic rings. The summed E-state index contributed by atoms with van der Waals surface area (Å²) < 4.78 is 0.817. The van der Waals surface area contributed by atoms with Gasteiger partial charge in [0.05, 0.1) is 15.9 Å². The number of aryl methyl sites for hydroxylation is 2. The Labute approximate surface area is 89.7 Å². The number of hydrogen-bond donors (Lipinski definition) is 1. The third-order valence-corrected chi connectivity index (χ3v) is 2.67. The zero-order chi connectivity index (χ0) is 10.3. The molecule has 5 heteroatoms. The van der Waals surface area contributed by atoms with Crippen LogP contribution in [-0.4, -0.2) is 15.0 Å². The van der Waals surface area contributed by atoms with Crippen molar-refractivity contribution < 1.29 is 0 Å². The summed E-state index contributed by atoms with van der Waals surface area (Å²) in [7, 11) is 0. The topological polar surface area (TPSA) is 64.7 Å². The minimum absolute atomic E-state index is 0.416. The Bertz CT molecular complexity index is 463. The van der Waals surface area contributed by atoms with Crippen LogP contribution in [0.1, 0.15) is 11.4 Å². The third-order valence-electron chi connectivity index (χ3n) is 2.09. The van der Waals surface area contributed by atoms with Gasteiger partial charge < -0.3 is 5.73 Å². The molecule has 2 aromatic heterocycles. The minimum atomic E-state index is 0.416. The molecule has 0 aliphatic heterocycles. The predicted molar refractivity (Wildman–Crippen MR) is 58.9 cm³/mol. The number of fused-ring (bicyclic) bond motifs is 1. The van der Waals surface area contributed by atoms with E-state index in [1.54, 1.807) is 6.20 Å². The van der Waals surface area contributed by atoms with Gasteiger partial charge in [0.1, 0.15) is 11.0 Å². The summed E-state index contributed by atoms with van der Waals surface area (Å²) in [6, 6.07) is 0. The Hall–Kier alpha value is -1.23. The lowest BCUT2D eigenvalue weighted by Gasteiger charge is -2.05. The van der Waals surface area contributed by atoms with Gasteiger partial charge in [0.2, 0.25) is 0 Å². The first-order valence-corrected chi connectivity index (χ1v) is 4.94. The van der Waals surface area contributed by atoms with E-state index >= 15 is 0 Å². The second-order valence-electron chi connectivity index (χ2n) is 3.08. The van der Waals surface area contributed by atoms with Crippen molar-refractivity contribution in [3.63, 3.8) is 0 Å². The van der Waals surface area contributed by atoms with Gasteiger partial charge in [-0.1, -0.05) is 0 Å². The van der Waals surface area contributed by atoms with E-state index < -0.39 is 0 Å². The highest BCUT2D eigenvalue weighted by atomic mass is 79.9. The number of aromatic nitrogens is 3. The molecule has 0 fully saturated rings. The van der Waals surface area contributed by atoms with Crippen LogP contribution in [0.3, 0.4) is 0 Å². The second kappa shape index (κ2) is 3.16. The Morgan fingerprint density at radius 1 is 1.14 bits per heavy atom. The number of halogens is 1. The molecule has 0 aliphatic rings. The van der Waals surface area contributed by atoms with E-state index in [-0.39, 0.29) is 0 Å². The molecule has 0 saturated heterocycles. The van der Waals surface area contributed by atoms with Gasteiger partial charge in [-0.15, -0.1) is 0 Å². The fourth-order valence-corrected chi connectivity index (χ4v) is 1.58. The Balaban J connectivity index is 2.94. The second-order valence-corrected chi connectivity index (χ2v) is 3.94. The van der Waals surface area contributed by atoms with Crippen molar-refractivity contribution in [3.8, 4) is 0 Å². The fourth-order valence-electron chi connectivity index (χ4n) is 1.20. The number of anilines is 1. The summed E-state index contributed by atoms with van der Waals surface area (Å²) in [5, 5.41) is 0. The van der Waals surface area contributed by atoms with Gasteiger partial charge in [-0.2, -0.15) is 0 Å². The van der Waals surface area contributed by atoms with E-state index in [1.165, 1.54) is 0 Å². The molecule has 2 heterocycles. The van der Waals surface area contributed by atoms with Gasteiger partial charge in [0.25, 0.3) is 0 Å². The van der Waals surface area contributed by atoms with Crippen molar-refractivity contribution in [1.29, 1.82) is 0 Å². The average Bonchev–Trinajstić information content (AvgIpc) is 2.15. The molecule has 14 heavy (non-hydrogen) atoms. The van der Waals surface area contributed by atoms with E-state index in [0.29, 0.717) is 11.3 Å². The number of nitrogens with two attached hydrogens (primary N) is 1. The fraction of sp³-hybridized carbons (Fsp3) is 0.222. The lowest BCUT2D eigenvalue weighted by Crippen LogP contribution is -1.99. The standard InChI is InChI=1S/C9H9BrN4/c1-4-5(2)14-8-7(13-4)6(10)3-12-9(8)11/h3H,1-2H3,(H2,11,12). The highest BCUT2D eigenvalue weighted by molar-refractivity contribution is 9.10. The third kappa shape index (κ3) is 1.33. The summed E-state index contributed by atoms with van der Waals surface area (Å²) in [6.45, 7) is 3.83. The number of pyridine rings is 1. The van der Waals surface area contributed by atoms with Crippen LogP contribution in [0, 0.1) is 13.8 Å². The van der Waals surface area contributed by atoms with Crippen molar-refractivity contribution in [2.75, 3.05) is 5.73 Å². The van der Waals surface area contributed by atoms with Crippen molar-refractivity contribution in [2.45, 2.75) is 13.8 Å². The molecule has 0 amide bonds. The smallest absolute Gasteiger partial charge is 0.151 e. The molecule has 0 aliphatic carbocycles. The lowest BCUT2D eigenvalue weighted by atomic mass is 10.3. The normalized spacial score (nSPS) is 10.8. The Kier molecular flexibility index (Phi) is 2.11. The molecular formula is C9H9BrN4. The maximum atomic E-state index is 5.71. The van der Waals surface area contributed by atoms with Gasteiger partial charge in [-0.05, 0) is 29.8 Å². The highest BCUT2D eigenvalue weighted by Crippen LogP contribution is 2.23. The van der Waals surface area contributed by atoms with Crippen molar-refractivity contribution in [1.82, 2.24) is 15.0 Å². The Morgan fingerprint density at radius 2 is 1.71 bits per heavy atom. The number of hydrogen-bond acceptors (Lipinski definition) is 4. The zero-order valence-electron chi connectivity index (χ0n) is 7.87. The molecule has 0 spiro atoms. The summed E-state index contributed by atoms with van der Waals surface area (Å²) in [4.78, 5) is 12.8. The minimum Gasteiger partial charge on any atom is -0.382 e. The molecule has 2 rings (SSSR count). The van der Waals surface area contributed by atoms with Crippen LogP contribution >= 0.6 is 15.9 Å². The van der Waals surface area contributed by atoms with Crippen molar-refractivity contribution in [2.24, 2.45) is 0 Å². The number of nitrogens with zero attached hydrogens (tertiary/aromatic N) is 3. The van der Waals surface area contributed by atoms with E-state index in [2.05, 4.69) is 30.9 Å². The molecular weight excluding hydrogens is 244 g/mol. The van der Waals surface area contributed by atoms with Crippen LogP contribution in [0.15, 0.2) is 10.7 Å². The summed E-state index contributed by atoms with van der Waals surface area (Å²) in [5.41, 5.74) is 8.91. The van der Waals surface area contributed by atoms with Crippen molar-refractivity contribution >= 4 is 32.8 Å². The van der Waals surface area contributed by atoms with Crippen LogP contribution in [0.5, 0.6) is 0 Å². The quantitative estimate of drug-likeness (QED) is 0.779. The van der Waals surface area contributed by atoms with Crippen LogP contribution in [-0.2, 0) is 0 Å². The van der Waals surface area contributed by atoms with Crippen molar-refractivity contribution in [3.05, 3.63) is 22.1 Å². The van der Waals surface area contributed by atoms with E-state index in [0.717, 1.165) is 21.4 Å². The maximum Gasteiger partial charge on any atom is 0.151 e. The van der Waals surface area contributed by atoms with Crippen LogP contribution in [0.4, 0.5) is 5.82 Å². The molecule has 0 radical (unpaired) electrons. The first-order chi connectivity index (χ1) is 6.59. The van der Waals surface area contributed by atoms with E-state index in [9.17, 15) is 0 Å². The average molecular weight is 253 g/mol. The van der Waals surface area contributed by atoms with Gasteiger partial charge in [-0.25, -0.2) is 15.0 Å². The first kappa shape index (κ1) is 9.33. The predicted octanol–water partition coefficient (Wildman–Crippen LogP) is 1.99. The molecule has 0 bridgehead atoms. The summed E-state index contributed by atoms with van der Waals surface area (Å²) >= 11 is 3.37. The van der Waals surface area contributed by atoms with Crippen LogP contribution in [0.25, 0.3) is 11.0 Å². The maximum absolute atomic E-state index is 5.71. The summed E-state index contributed by atoms with van der Waals surface area (Å²) in [5.74, 6) is 0.416. The summed E-state index contributed by atoms with van der Waals surface area (Å²) in [6.07, 6.45) is 1.64. The monoisotopic (exact) mass is 252 g/mol. The van der Waals surface area contributed by atoms with Gasteiger partial charge in [0.15, 0.2) is 5.82 Å². The lowest BCUT2D eigenvalue weighted by molar-refractivity contribution is 1.09. The molecule has 2 N–H and O–H groups in total. The Morgan fingerprint density at radius 3 is 2.36 bits per heavy atom. The van der Waals surface area contributed by atoms with Gasteiger partial charge in [-0.3, -0.25) is 0 Å². The highest BCUT2D eigenvalue weighted by Gasteiger charge is 2.08. The van der Waals surface area contributed by atoms with Gasteiger partial charge >= 0.3 is 0 Å². The molecule has 0 unspecified atom stereocenters.